The molecule has 0 spiro atoms. The van der Waals surface area contributed by atoms with Gasteiger partial charge in [-0.3, -0.25) is 4.79 Å². The van der Waals surface area contributed by atoms with Gasteiger partial charge in [0.05, 0.1) is 22.7 Å². The van der Waals surface area contributed by atoms with Crippen molar-refractivity contribution in [2.75, 3.05) is 11.9 Å². The summed E-state index contributed by atoms with van der Waals surface area (Å²) in [6, 6.07) is 4.77. The van der Waals surface area contributed by atoms with Crippen molar-refractivity contribution in [2.45, 2.75) is 32.7 Å². The Bertz CT molecular complexity index is 895. The fourth-order valence-electron chi connectivity index (χ4n) is 2.89. The second-order valence-corrected chi connectivity index (χ2v) is 8.86. The van der Waals surface area contributed by atoms with Gasteiger partial charge >= 0.3 is 5.97 Å². The third-order valence-electron chi connectivity index (χ3n) is 3.94. The van der Waals surface area contributed by atoms with Gasteiger partial charge in [0.15, 0.2) is 0 Å². The molecule has 3 rings (SSSR count). The molecule has 1 amide bonds. The van der Waals surface area contributed by atoms with Crippen LogP contribution in [0.5, 0.6) is 0 Å². The molecule has 0 aliphatic carbocycles. The molecule has 1 aromatic heterocycles. The van der Waals surface area contributed by atoms with E-state index < -0.39 is 17.3 Å². The third kappa shape index (κ3) is 3.71. The summed E-state index contributed by atoms with van der Waals surface area (Å²) in [6.07, 6.45) is 0.496. The molecule has 5 nitrogen and oxygen atoms in total. The standard InChI is InChI=1S/C18H18FIN2O3S/c1-4-25-17(24)13-10-8-18(2,3)22-15(23)14(10)26-16(13)21-12-6-5-9(20)7-11(12)19/h5-7,21H,4,8H2,1-3H3,(H,22,23). The Balaban J connectivity index is 2.10. The SMILES string of the molecule is CCOC(=O)c1c(Nc2ccc(I)cc2F)sc2c1CC(C)(C)NC2=O. The van der Waals surface area contributed by atoms with Crippen molar-refractivity contribution in [1.82, 2.24) is 5.32 Å². The van der Waals surface area contributed by atoms with Gasteiger partial charge in [-0.05, 0) is 73.5 Å². The quantitative estimate of drug-likeness (QED) is 0.492. The first-order valence-electron chi connectivity index (χ1n) is 8.09. The number of carbonyl (C=O) groups excluding carboxylic acids is 2. The molecule has 0 saturated carbocycles. The number of nitrogens with one attached hydrogen (secondary N) is 2. The molecule has 0 bridgehead atoms. The summed E-state index contributed by atoms with van der Waals surface area (Å²) in [6.45, 7) is 5.73. The van der Waals surface area contributed by atoms with Crippen LogP contribution in [0.3, 0.4) is 0 Å². The summed E-state index contributed by atoms with van der Waals surface area (Å²) in [5.74, 6) is -1.17. The molecule has 1 aliphatic rings. The van der Waals surface area contributed by atoms with Crippen molar-refractivity contribution in [2.24, 2.45) is 0 Å². The van der Waals surface area contributed by atoms with Gasteiger partial charge in [-0.15, -0.1) is 11.3 Å². The number of ether oxygens (including phenoxy) is 1. The van der Waals surface area contributed by atoms with E-state index in [1.807, 2.05) is 36.4 Å². The zero-order valence-electron chi connectivity index (χ0n) is 14.5. The minimum atomic E-state index is -0.510. The smallest absolute Gasteiger partial charge is 0.341 e. The lowest BCUT2D eigenvalue weighted by atomic mass is 9.89. The summed E-state index contributed by atoms with van der Waals surface area (Å²) in [7, 11) is 0. The van der Waals surface area contributed by atoms with Crippen LogP contribution in [0.1, 0.15) is 46.4 Å². The fraction of sp³-hybridized carbons (Fsp3) is 0.333. The molecule has 0 unspecified atom stereocenters. The zero-order valence-corrected chi connectivity index (χ0v) is 17.5. The molecule has 1 aromatic carbocycles. The van der Waals surface area contributed by atoms with Crippen molar-refractivity contribution < 1.29 is 18.7 Å². The molecule has 26 heavy (non-hydrogen) atoms. The second kappa shape index (κ2) is 7.15. The summed E-state index contributed by atoms with van der Waals surface area (Å²) in [5, 5.41) is 6.31. The number of carbonyl (C=O) groups is 2. The van der Waals surface area contributed by atoms with E-state index in [1.54, 1.807) is 19.1 Å². The molecular weight excluding hydrogens is 470 g/mol. The number of amides is 1. The van der Waals surface area contributed by atoms with Crippen LogP contribution in [0, 0.1) is 9.39 Å². The van der Waals surface area contributed by atoms with Crippen molar-refractivity contribution in [3.63, 3.8) is 0 Å². The average molecular weight is 488 g/mol. The first kappa shape index (κ1) is 19.1. The molecule has 0 atom stereocenters. The van der Waals surface area contributed by atoms with E-state index in [4.69, 9.17) is 4.74 Å². The highest BCUT2D eigenvalue weighted by molar-refractivity contribution is 14.1. The number of thiophene rings is 1. The van der Waals surface area contributed by atoms with Crippen LogP contribution in [-0.2, 0) is 11.2 Å². The maximum atomic E-state index is 14.2. The van der Waals surface area contributed by atoms with Crippen LogP contribution in [-0.4, -0.2) is 24.0 Å². The lowest BCUT2D eigenvalue weighted by Gasteiger charge is -2.30. The third-order valence-corrected chi connectivity index (χ3v) is 5.76. The minimum Gasteiger partial charge on any atom is -0.462 e. The summed E-state index contributed by atoms with van der Waals surface area (Å²) in [4.78, 5) is 25.5. The molecule has 0 saturated heterocycles. The number of rotatable bonds is 4. The average Bonchev–Trinajstić information content (AvgIpc) is 2.87. The van der Waals surface area contributed by atoms with E-state index in [1.165, 1.54) is 6.07 Å². The Hall–Kier alpha value is -1.68. The van der Waals surface area contributed by atoms with Crippen LogP contribution < -0.4 is 10.6 Å². The predicted octanol–water partition coefficient (Wildman–Crippen LogP) is 4.48. The Morgan fingerprint density at radius 1 is 1.46 bits per heavy atom. The summed E-state index contributed by atoms with van der Waals surface area (Å²) in [5.41, 5.74) is 0.732. The lowest BCUT2D eigenvalue weighted by Crippen LogP contribution is -2.48. The normalized spacial score (nSPS) is 15.2. The maximum Gasteiger partial charge on any atom is 0.341 e. The van der Waals surface area contributed by atoms with Gasteiger partial charge in [0.25, 0.3) is 5.91 Å². The number of hydrogen-bond acceptors (Lipinski definition) is 5. The number of anilines is 2. The first-order chi connectivity index (χ1) is 12.2. The van der Waals surface area contributed by atoms with E-state index in [0.717, 1.165) is 14.9 Å². The minimum absolute atomic E-state index is 0.219. The molecule has 138 valence electrons. The van der Waals surface area contributed by atoms with E-state index in [9.17, 15) is 14.0 Å². The van der Waals surface area contributed by atoms with E-state index >= 15 is 0 Å². The van der Waals surface area contributed by atoms with Crippen molar-refractivity contribution >= 4 is 56.5 Å². The van der Waals surface area contributed by atoms with Gasteiger partial charge in [-0.2, -0.15) is 0 Å². The molecule has 2 N–H and O–H groups in total. The zero-order chi connectivity index (χ0) is 19.1. The van der Waals surface area contributed by atoms with Gasteiger partial charge in [0.2, 0.25) is 0 Å². The monoisotopic (exact) mass is 488 g/mol. The highest BCUT2D eigenvalue weighted by Gasteiger charge is 2.37. The van der Waals surface area contributed by atoms with Crippen molar-refractivity contribution in [1.29, 1.82) is 0 Å². The largest absolute Gasteiger partial charge is 0.462 e. The van der Waals surface area contributed by atoms with Crippen LogP contribution in [0.4, 0.5) is 15.1 Å². The van der Waals surface area contributed by atoms with Crippen LogP contribution in [0.2, 0.25) is 0 Å². The van der Waals surface area contributed by atoms with Crippen molar-refractivity contribution in [3.05, 3.63) is 43.6 Å². The Morgan fingerprint density at radius 2 is 2.19 bits per heavy atom. The highest BCUT2D eigenvalue weighted by atomic mass is 127. The second-order valence-electron chi connectivity index (χ2n) is 6.60. The number of fused-ring (bicyclic) bond motifs is 1. The molecular formula is C18H18FIN2O3S. The molecule has 0 radical (unpaired) electrons. The lowest BCUT2D eigenvalue weighted by molar-refractivity contribution is 0.0526. The van der Waals surface area contributed by atoms with Gasteiger partial charge in [0.1, 0.15) is 10.8 Å². The number of benzene rings is 1. The first-order valence-corrected chi connectivity index (χ1v) is 9.98. The maximum absolute atomic E-state index is 14.2. The summed E-state index contributed by atoms with van der Waals surface area (Å²) < 4.78 is 20.2. The van der Waals surface area contributed by atoms with E-state index in [0.29, 0.717) is 27.4 Å². The van der Waals surface area contributed by atoms with Gasteiger partial charge in [0, 0.05) is 9.11 Å². The molecule has 2 aromatic rings. The molecule has 8 heteroatoms. The number of esters is 1. The Kier molecular flexibility index (Phi) is 5.25. The molecule has 0 fully saturated rings. The van der Waals surface area contributed by atoms with Crippen LogP contribution >= 0.6 is 33.9 Å². The topological polar surface area (TPSA) is 67.4 Å². The van der Waals surface area contributed by atoms with E-state index in [-0.39, 0.29) is 18.2 Å². The van der Waals surface area contributed by atoms with Gasteiger partial charge in [-0.1, -0.05) is 0 Å². The van der Waals surface area contributed by atoms with E-state index in [2.05, 4.69) is 10.6 Å². The Morgan fingerprint density at radius 3 is 2.85 bits per heavy atom. The van der Waals surface area contributed by atoms with Gasteiger partial charge < -0.3 is 15.4 Å². The number of halogens is 2. The highest BCUT2D eigenvalue weighted by Crippen LogP contribution is 2.40. The summed E-state index contributed by atoms with van der Waals surface area (Å²) >= 11 is 3.17. The molecule has 2 heterocycles. The van der Waals surface area contributed by atoms with Crippen LogP contribution in [0.25, 0.3) is 0 Å². The molecule has 1 aliphatic heterocycles. The van der Waals surface area contributed by atoms with Crippen LogP contribution in [0.15, 0.2) is 18.2 Å². The fourth-order valence-corrected chi connectivity index (χ4v) is 4.46. The van der Waals surface area contributed by atoms with Gasteiger partial charge in [-0.25, -0.2) is 9.18 Å². The Labute approximate surface area is 168 Å². The van der Waals surface area contributed by atoms with Crippen molar-refractivity contribution in [3.8, 4) is 0 Å². The predicted molar refractivity (Wildman–Crippen MR) is 108 cm³/mol. The number of hydrogen-bond donors (Lipinski definition) is 2.